The first-order valence-electron chi connectivity index (χ1n) is 11.2. The van der Waals surface area contributed by atoms with Gasteiger partial charge in [0, 0.05) is 37.2 Å². The monoisotopic (exact) mass is 552 g/mol. The van der Waals surface area contributed by atoms with E-state index in [2.05, 4.69) is 53.9 Å². The summed E-state index contributed by atoms with van der Waals surface area (Å²) in [6.45, 7) is 10.7. The molecular formula is C22H41IN4O2S. The second-order valence-electron chi connectivity index (χ2n) is 7.57. The van der Waals surface area contributed by atoms with Crippen molar-refractivity contribution < 1.29 is 9.47 Å². The van der Waals surface area contributed by atoms with Crippen molar-refractivity contribution in [1.29, 1.82) is 0 Å². The highest BCUT2D eigenvalue weighted by molar-refractivity contribution is 14.0. The van der Waals surface area contributed by atoms with Gasteiger partial charge in [0.1, 0.15) is 0 Å². The minimum atomic E-state index is 0. The van der Waals surface area contributed by atoms with E-state index in [4.69, 9.17) is 14.5 Å². The third-order valence-electron chi connectivity index (χ3n) is 5.22. The Bertz CT molecular complexity index is 559. The summed E-state index contributed by atoms with van der Waals surface area (Å²) in [5.74, 6) is 1.44. The van der Waals surface area contributed by atoms with Gasteiger partial charge in [-0.2, -0.15) is 0 Å². The third kappa shape index (κ3) is 10.3. The number of halogens is 1. The lowest BCUT2D eigenvalue weighted by atomic mass is 9.88. The minimum Gasteiger partial charge on any atom is -0.379 e. The first kappa shape index (κ1) is 27.6. The van der Waals surface area contributed by atoms with Crippen LogP contribution >= 0.6 is 35.3 Å². The lowest BCUT2D eigenvalue weighted by Crippen LogP contribution is -2.41. The number of hydrogen-bond acceptors (Lipinski definition) is 5. The van der Waals surface area contributed by atoms with Crippen molar-refractivity contribution in [1.82, 2.24) is 15.5 Å². The minimum absolute atomic E-state index is 0. The Kier molecular flexibility index (Phi) is 15.8. The number of thiophene rings is 1. The van der Waals surface area contributed by atoms with Crippen LogP contribution in [0.25, 0.3) is 0 Å². The van der Waals surface area contributed by atoms with Crippen LogP contribution in [0.3, 0.4) is 0 Å². The zero-order valence-corrected chi connectivity index (χ0v) is 22.0. The average Bonchev–Trinajstić information content (AvgIpc) is 3.25. The molecule has 6 nitrogen and oxygen atoms in total. The van der Waals surface area contributed by atoms with E-state index in [1.54, 1.807) is 0 Å². The highest BCUT2D eigenvalue weighted by Crippen LogP contribution is 2.37. The molecule has 2 unspecified atom stereocenters. The molecule has 8 heteroatoms. The van der Waals surface area contributed by atoms with E-state index in [-0.39, 0.29) is 24.0 Å². The SMILES string of the molecule is CCCCOCCOCCNC(=NCC1CCCN(C)C1c1cccs1)NCC.I. The summed E-state index contributed by atoms with van der Waals surface area (Å²) < 4.78 is 11.2. The predicted molar refractivity (Wildman–Crippen MR) is 138 cm³/mol. The Morgan fingerprint density at radius 1 is 1.20 bits per heavy atom. The van der Waals surface area contributed by atoms with E-state index in [9.17, 15) is 0 Å². The molecule has 1 aromatic heterocycles. The number of unbranched alkanes of at least 4 members (excludes halogenated alkanes) is 1. The molecule has 2 N–H and O–H groups in total. The topological polar surface area (TPSA) is 58.1 Å². The molecule has 0 spiro atoms. The number of guanidine groups is 1. The molecule has 174 valence electrons. The number of hydrogen-bond donors (Lipinski definition) is 2. The van der Waals surface area contributed by atoms with Crippen LogP contribution in [-0.4, -0.2) is 70.5 Å². The molecule has 1 aliphatic rings. The molecule has 0 amide bonds. The Hall–Kier alpha value is -0.420. The van der Waals surface area contributed by atoms with E-state index in [1.807, 2.05) is 11.3 Å². The van der Waals surface area contributed by atoms with Crippen LogP contribution < -0.4 is 10.6 Å². The van der Waals surface area contributed by atoms with Crippen molar-refractivity contribution in [3.05, 3.63) is 22.4 Å². The van der Waals surface area contributed by atoms with E-state index in [1.165, 1.54) is 30.7 Å². The molecule has 1 aromatic rings. The van der Waals surface area contributed by atoms with Gasteiger partial charge in [-0.1, -0.05) is 19.4 Å². The van der Waals surface area contributed by atoms with Gasteiger partial charge in [-0.15, -0.1) is 35.3 Å². The molecule has 2 atom stereocenters. The van der Waals surface area contributed by atoms with Gasteiger partial charge in [-0.05, 0) is 57.1 Å². The number of rotatable bonds is 13. The smallest absolute Gasteiger partial charge is 0.191 e. The van der Waals surface area contributed by atoms with Crippen LogP contribution in [0.1, 0.15) is 50.4 Å². The first-order chi connectivity index (χ1) is 14.3. The molecule has 0 saturated carbocycles. The number of piperidine rings is 1. The van der Waals surface area contributed by atoms with Crippen LogP contribution in [0.5, 0.6) is 0 Å². The van der Waals surface area contributed by atoms with Crippen LogP contribution in [0.4, 0.5) is 0 Å². The third-order valence-corrected chi connectivity index (χ3v) is 6.17. The fourth-order valence-corrected chi connectivity index (χ4v) is 4.70. The molecule has 1 aliphatic heterocycles. The molecule has 30 heavy (non-hydrogen) atoms. The molecule has 0 aliphatic carbocycles. The van der Waals surface area contributed by atoms with Crippen LogP contribution in [-0.2, 0) is 9.47 Å². The van der Waals surface area contributed by atoms with Gasteiger partial charge in [0.25, 0.3) is 0 Å². The van der Waals surface area contributed by atoms with Gasteiger partial charge >= 0.3 is 0 Å². The summed E-state index contributed by atoms with van der Waals surface area (Å²) in [4.78, 5) is 8.84. The van der Waals surface area contributed by atoms with Crippen molar-refractivity contribution in [2.45, 2.75) is 45.6 Å². The van der Waals surface area contributed by atoms with E-state index in [0.717, 1.165) is 38.6 Å². The van der Waals surface area contributed by atoms with E-state index < -0.39 is 0 Å². The standard InChI is InChI=1S/C22H40N4O2S.HI/c1-4-6-13-27-15-16-28-14-11-24-22(23-5-2)25-18-19-9-7-12-26(3)21(19)20-10-8-17-29-20;/h8,10,17,19,21H,4-7,9,11-16,18H2,1-3H3,(H2,23,24,25);1H. The molecular weight excluding hydrogens is 511 g/mol. The fourth-order valence-electron chi connectivity index (χ4n) is 3.72. The summed E-state index contributed by atoms with van der Waals surface area (Å²) in [5.41, 5.74) is 0. The van der Waals surface area contributed by atoms with Crippen LogP contribution in [0.2, 0.25) is 0 Å². The predicted octanol–water partition coefficient (Wildman–Crippen LogP) is 4.14. The molecule has 0 bridgehead atoms. The second kappa shape index (κ2) is 17.2. The average molecular weight is 553 g/mol. The van der Waals surface area contributed by atoms with Crippen molar-refractivity contribution in [3.63, 3.8) is 0 Å². The molecule has 1 saturated heterocycles. The quantitative estimate of drug-likeness (QED) is 0.167. The molecule has 1 fully saturated rings. The fraction of sp³-hybridized carbons (Fsp3) is 0.773. The highest BCUT2D eigenvalue weighted by atomic mass is 127. The maximum Gasteiger partial charge on any atom is 0.191 e. The maximum atomic E-state index is 5.64. The largest absolute Gasteiger partial charge is 0.379 e. The number of aliphatic imine (C=N–C) groups is 1. The molecule has 2 heterocycles. The zero-order valence-electron chi connectivity index (χ0n) is 18.9. The summed E-state index contributed by atoms with van der Waals surface area (Å²) in [6.07, 6.45) is 4.77. The Labute approximate surface area is 204 Å². The van der Waals surface area contributed by atoms with Gasteiger partial charge in [0.2, 0.25) is 0 Å². The van der Waals surface area contributed by atoms with E-state index >= 15 is 0 Å². The van der Waals surface area contributed by atoms with Gasteiger partial charge < -0.3 is 20.1 Å². The maximum absolute atomic E-state index is 5.64. The number of ether oxygens (including phenoxy) is 2. The van der Waals surface area contributed by atoms with Crippen molar-refractivity contribution in [2.75, 3.05) is 59.7 Å². The summed E-state index contributed by atoms with van der Waals surface area (Å²) in [7, 11) is 2.24. The summed E-state index contributed by atoms with van der Waals surface area (Å²) >= 11 is 1.86. The van der Waals surface area contributed by atoms with E-state index in [0.29, 0.717) is 31.8 Å². The first-order valence-corrected chi connectivity index (χ1v) is 12.1. The molecule has 0 aromatic carbocycles. The van der Waals surface area contributed by atoms with Gasteiger partial charge in [-0.25, -0.2) is 0 Å². The Morgan fingerprint density at radius 3 is 2.70 bits per heavy atom. The zero-order chi connectivity index (χ0) is 20.7. The normalized spacial score (nSPS) is 20.0. The summed E-state index contributed by atoms with van der Waals surface area (Å²) in [5, 5.41) is 8.93. The lowest BCUT2D eigenvalue weighted by molar-refractivity contribution is 0.0487. The highest BCUT2D eigenvalue weighted by Gasteiger charge is 2.31. The Balaban J connectivity index is 0.00000450. The summed E-state index contributed by atoms with van der Waals surface area (Å²) in [6, 6.07) is 4.90. The van der Waals surface area contributed by atoms with Gasteiger partial charge in [0.05, 0.1) is 19.8 Å². The van der Waals surface area contributed by atoms with Crippen molar-refractivity contribution >= 4 is 41.3 Å². The van der Waals surface area contributed by atoms with Crippen LogP contribution in [0, 0.1) is 5.92 Å². The van der Waals surface area contributed by atoms with Gasteiger partial charge in [-0.3, -0.25) is 9.89 Å². The lowest BCUT2D eigenvalue weighted by Gasteiger charge is -2.38. The van der Waals surface area contributed by atoms with Crippen molar-refractivity contribution in [2.24, 2.45) is 10.9 Å². The second-order valence-corrected chi connectivity index (χ2v) is 8.55. The molecule has 0 radical (unpaired) electrons. The van der Waals surface area contributed by atoms with Crippen molar-refractivity contribution in [3.8, 4) is 0 Å². The number of nitrogens with zero attached hydrogens (tertiary/aromatic N) is 2. The molecule has 2 rings (SSSR count). The number of nitrogens with one attached hydrogen (secondary N) is 2. The van der Waals surface area contributed by atoms with Crippen LogP contribution in [0.15, 0.2) is 22.5 Å². The van der Waals surface area contributed by atoms with Gasteiger partial charge in [0.15, 0.2) is 5.96 Å². The Morgan fingerprint density at radius 2 is 2.00 bits per heavy atom. The number of likely N-dealkylation sites (tertiary alicyclic amines) is 1.